The van der Waals surface area contributed by atoms with Gasteiger partial charge in [0, 0.05) is 26.1 Å². The van der Waals surface area contributed by atoms with E-state index in [0.717, 1.165) is 41.9 Å². The summed E-state index contributed by atoms with van der Waals surface area (Å²) in [5.41, 5.74) is 2.83. The van der Waals surface area contributed by atoms with Crippen molar-refractivity contribution in [3.05, 3.63) is 123 Å². The number of nitrogens with zero attached hydrogens (tertiary/aromatic N) is 4. The molecule has 0 saturated heterocycles. The van der Waals surface area contributed by atoms with Gasteiger partial charge >= 0.3 is 18.1 Å². The van der Waals surface area contributed by atoms with Crippen LogP contribution in [-0.2, 0) is 46.5 Å². The summed E-state index contributed by atoms with van der Waals surface area (Å²) >= 11 is 1.29. The molecule has 0 radical (unpaired) electrons. The van der Waals surface area contributed by atoms with Crippen molar-refractivity contribution >= 4 is 39.4 Å². The third-order valence-corrected chi connectivity index (χ3v) is 10.0. The molecule has 0 bridgehead atoms. The molecule has 57 heavy (non-hydrogen) atoms. The number of benzene rings is 3. The van der Waals surface area contributed by atoms with Crippen LogP contribution in [0.25, 0.3) is 21.3 Å². The van der Waals surface area contributed by atoms with Crippen molar-refractivity contribution in [1.29, 1.82) is 0 Å². The molecule has 5 aromatic rings. The van der Waals surface area contributed by atoms with Crippen LogP contribution in [-0.4, -0.2) is 96.0 Å². The van der Waals surface area contributed by atoms with E-state index in [2.05, 4.69) is 23.7 Å². The maximum absolute atomic E-state index is 14.1. The number of aliphatic hydroxyl groups excluding tert-OH is 2. The van der Waals surface area contributed by atoms with Crippen LogP contribution >= 0.6 is 11.3 Å². The van der Waals surface area contributed by atoms with Crippen LogP contribution in [0.3, 0.4) is 0 Å². The van der Waals surface area contributed by atoms with Gasteiger partial charge in [-0.05, 0) is 77.5 Å². The molecule has 3 aromatic carbocycles. The molecule has 5 rings (SSSR count). The summed E-state index contributed by atoms with van der Waals surface area (Å²) in [5.74, 6) is -3.51. The number of carbonyl (C=O) groups excluding carboxylic acids is 1. The van der Waals surface area contributed by atoms with Gasteiger partial charge in [-0.25, -0.2) is 14.0 Å². The first-order valence-electron chi connectivity index (χ1n) is 17.8. The number of amides is 1. The predicted octanol–water partition coefficient (Wildman–Crippen LogP) is 5.32. The van der Waals surface area contributed by atoms with Crippen molar-refractivity contribution in [3.63, 3.8) is 0 Å². The lowest BCUT2D eigenvalue weighted by Gasteiger charge is -2.27. The number of hydrogen-bond donors (Lipinski definition) is 4. The monoisotopic (exact) mass is 814 g/mol. The molecule has 17 heteroatoms. The highest BCUT2D eigenvalue weighted by Gasteiger charge is 2.30. The molecule has 2 heterocycles. The minimum absolute atomic E-state index is 0.0127. The second-order valence-corrected chi connectivity index (χ2v) is 13.8. The van der Waals surface area contributed by atoms with Gasteiger partial charge in [0.05, 0.1) is 11.1 Å². The van der Waals surface area contributed by atoms with Gasteiger partial charge in [-0.3, -0.25) is 9.59 Å². The Morgan fingerprint density at radius 3 is 1.86 bits per heavy atom. The average molecular weight is 815 g/mol. The summed E-state index contributed by atoms with van der Waals surface area (Å²) < 4.78 is 54.8. The number of aryl methyl sites for hydroxylation is 2. The number of alkyl halides is 3. The third kappa shape index (κ3) is 12.2. The molecular formula is C40H42F4N4O8S. The Morgan fingerprint density at radius 1 is 0.789 bits per heavy atom. The minimum atomic E-state index is -4.40. The number of hydrogen-bond acceptors (Lipinski definition) is 9. The Hall–Kier alpha value is -5.49. The molecular weight excluding hydrogens is 773 g/mol. The molecule has 1 amide bonds. The smallest absolute Gasteiger partial charge is 0.416 e. The molecule has 12 nitrogen and oxygen atoms in total. The number of carboxylic acid groups (broad SMARTS) is 2. The second kappa shape index (κ2) is 20.1. The topological polar surface area (TPSA) is 174 Å². The first-order chi connectivity index (χ1) is 27.0. The van der Waals surface area contributed by atoms with Crippen molar-refractivity contribution in [2.24, 2.45) is 0 Å². The quantitative estimate of drug-likeness (QED) is 0.0956. The van der Waals surface area contributed by atoms with Crippen LogP contribution in [0.15, 0.2) is 89.0 Å². The number of carbonyl (C=O) groups is 3. The number of fused-ring (bicyclic) bond motifs is 1. The number of thiophene rings is 1. The van der Waals surface area contributed by atoms with Crippen molar-refractivity contribution in [3.8, 4) is 11.1 Å². The molecule has 4 N–H and O–H groups in total. The van der Waals surface area contributed by atoms with Crippen molar-refractivity contribution in [1.82, 2.24) is 19.4 Å². The SMILES string of the molecule is CCN(CC)CCN(Cc1ccc(-c2ccc(C(F)(F)F)cc2)cc1)C(=O)Cn1c(CCc2ccc(F)cc2)nc(=O)c2sccc21.O=C(O)C(O)C(O)C(=O)O. The number of halogens is 4. The largest absolute Gasteiger partial charge is 0.479 e. The van der Waals surface area contributed by atoms with Gasteiger partial charge < -0.3 is 34.8 Å². The Balaban J connectivity index is 0.000000635. The van der Waals surface area contributed by atoms with Gasteiger partial charge in [-0.15, -0.1) is 11.3 Å². The van der Waals surface area contributed by atoms with Gasteiger partial charge in [0.1, 0.15) is 22.9 Å². The van der Waals surface area contributed by atoms with E-state index in [1.165, 1.54) is 35.6 Å². The summed E-state index contributed by atoms with van der Waals surface area (Å²) in [6.45, 7) is 7.30. The molecule has 0 saturated carbocycles. The minimum Gasteiger partial charge on any atom is -0.479 e. The summed E-state index contributed by atoms with van der Waals surface area (Å²) in [6, 6.07) is 20.5. The molecule has 0 aliphatic heterocycles. The number of likely N-dealkylation sites (N-methyl/N-ethyl adjacent to an activating group) is 1. The summed E-state index contributed by atoms with van der Waals surface area (Å²) in [4.78, 5) is 54.9. The molecule has 0 spiro atoms. The fourth-order valence-corrected chi connectivity index (χ4v) is 6.57. The Bertz CT molecular complexity index is 2150. The Kier molecular flexibility index (Phi) is 15.6. The number of aliphatic carboxylic acids is 2. The highest BCUT2D eigenvalue weighted by Crippen LogP contribution is 2.31. The number of carboxylic acids is 2. The standard InChI is InChI=1S/C36H36F4N4O2S.C4H6O6/c1-3-42(4-2)20-21-43(23-26-5-10-27(11-6-26)28-12-14-29(15-13-28)36(38,39)40)33(45)24-44-31-19-22-47-34(31)35(46)41-32(44)18-9-25-7-16-30(37)17-8-25;5-1(3(7)8)2(6)4(9)10/h5-8,10-17,19,22H,3-4,9,18,20-21,23-24H2,1-2H3;1-2,5-6H,(H,7,8)(H,9,10). The van der Waals surface area contributed by atoms with Gasteiger partial charge in [0.2, 0.25) is 5.91 Å². The van der Waals surface area contributed by atoms with Crippen LogP contribution in [0.4, 0.5) is 17.6 Å². The van der Waals surface area contributed by atoms with E-state index in [4.69, 9.17) is 20.4 Å². The summed E-state index contributed by atoms with van der Waals surface area (Å²) in [6.07, 6.45) is -8.01. The Labute approximate surface area is 328 Å². The number of aliphatic hydroxyl groups is 2. The van der Waals surface area contributed by atoms with Crippen LogP contribution in [0, 0.1) is 5.82 Å². The highest BCUT2D eigenvalue weighted by molar-refractivity contribution is 7.17. The van der Waals surface area contributed by atoms with Crippen LogP contribution in [0.1, 0.15) is 36.4 Å². The summed E-state index contributed by atoms with van der Waals surface area (Å²) in [5, 5.41) is 34.3. The third-order valence-electron chi connectivity index (χ3n) is 9.13. The lowest BCUT2D eigenvalue weighted by molar-refractivity contribution is -0.165. The predicted molar refractivity (Wildman–Crippen MR) is 205 cm³/mol. The van der Waals surface area contributed by atoms with Crippen molar-refractivity contribution < 1.29 is 52.4 Å². The van der Waals surface area contributed by atoms with Crippen molar-refractivity contribution in [2.75, 3.05) is 26.2 Å². The van der Waals surface area contributed by atoms with E-state index < -0.39 is 35.9 Å². The van der Waals surface area contributed by atoms with Crippen molar-refractivity contribution in [2.45, 2.75) is 58.2 Å². The zero-order chi connectivity index (χ0) is 41.9. The van der Waals surface area contributed by atoms with Gasteiger partial charge in [-0.1, -0.05) is 62.4 Å². The maximum atomic E-state index is 14.1. The fourth-order valence-electron chi connectivity index (χ4n) is 5.79. The molecule has 2 aromatic heterocycles. The number of rotatable bonds is 16. The number of aromatic nitrogens is 2. The van der Waals surface area contributed by atoms with Crippen LogP contribution < -0.4 is 5.56 Å². The second-order valence-electron chi connectivity index (χ2n) is 12.9. The molecule has 2 unspecified atom stereocenters. The molecule has 0 aliphatic carbocycles. The molecule has 304 valence electrons. The van der Waals surface area contributed by atoms with Gasteiger partial charge in [0.25, 0.3) is 5.56 Å². The van der Waals surface area contributed by atoms with E-state index >= 15 is 0 Å². The van der Waals surface area contributed by atoms with Gasteiger partial charge in [-0.2, -0.15) is 18.2 Å². The zero-order valence-corrected chi connectivity index (χ0v) is 31.8. The molecule has 0 aliphatic rings. The maximum Gasteiger partial charge on any atom is 0.416 e. The molecule has 2 atom stereocenters. The average Bonchev–Trinajstić information content (AvgIpc) is 3.69. The van der Waals surface area contributed by atoms with E-state index in [1.807, 2.05) is 40.3 Å². The van der Waals surface area contributed by atoms with Crippen LogP contribution in [0.5, 0.6) is 0 Å². The first-order valence-corrected chi connectivity index (χ1v) is 18.7. The fraction of sp³-hybridized carbons (Fsp3) is 0.325. The van der Waals surface area contributed by atoms with E-state index in [0.29, 0.717) is 54.1 Å². The normalized spacial score (nSPS) is 12.5. The zero-order valence-electron chi connectivity index (χ0n) is 31.0. The lowest BCUT2D eigenvalue weighted by Crippen LogP contribution is -2.40. The first kappa shape index (κ1) is 44.2. The molecule has 0 fully saturated rings. The van der Waals surface area contributed by atoms with Crippen LogP contribution in [0.2, 0.25) is 0 Å². The highest BCUT2D eigenvalue weighted by atomic mass is 32.1. The summed E-state index contributed by atoms with van der Waals surface area (Å²) in [7, 11) is 0. The lowest BCUT2D eigenvalue weighted by atomic mass is 10.0. The Morgan fingerprint density at radius 2 is 1.33 bits per heavy atom. The van der Waals surface area contributed by atoms with Gasteiger partial charge in [0.15, 0.2) is 12.2 Å². The van der Waals surface area contributed by atoms with E-state index in [1.54, 1.807) is 17.0 Å². The van der Waals surface area contributed by atoms with E-state index in [9.17, 15) is 36.7 Å². The van der Waals surface area contributed by atoms with E-state index in [-0.39, 0.29) is 23.8 Å².